The highest BCUT2D eigenvalue weighted by Crippen LogP contribution is 2.33. The molecule has 3 nitrogen and oxygen atoms in total. The Bertz CT molecular complexity index is 279. The molecular formula is C10H16O3. The standard InChI is InChI=1S/C9H12O3.CH4/c1-5-3-8(11)9(12)7(4-10)6(5)2;/h3,10-12H,4H2,1-2H3;1H4. The molecule has 1 aromatic rings. The van der Waals surface area contributed by atoms with Crippen LogP contribution in [0, 0.1) is 13.8 Å². The highest BCUT2D eigenvalue weighted by atomic mass is 16.3. The third-order valence-electron chi connectivity index (χ3n) is 2.08. The van der Waals surface area contributed by atoms with E-state index in [9.17, 15) is 10.2 Å². The normalized spacial score (nSPS) is 9.46. The quantitative estimate of drug-likeness (QED) is 0.584. The van der Waals surface area contributed by atoms with Crippen LogP contribution in [0.2, 0.25) is 0 Å². The summed E-state index contributed by atoms with van der Waals surface area (Å²) in [6.07, 6.45) is 0. The molecule has 0 fully saturated rings. The summed E-state index contributed by atoms with van der Waals surface area (Å²) in [6, 6.07) is 1.48. The van der Waals surface area contributed by atoms with Gasteiger partial charge in [0.05, 0.1) is 6.61 Å². The van der Waals surface area contributed by atoms with Gasteiger partial charge in [0, 0.05) is 5.56 Å². The molecule has 0 aliphatic carbocycles. The maximum Gasteiger partial charge on any atom is 0.163 e. The van der Waals surface area contributed by atoms with Crippen molar-refractivity contribution in [1.29, 1.82) is 0 Å². The average molecular weight is 184 g/mol. The molecule has 0 heterocycles. The Kier molecular flexibility index (Phi) is 3.75. The van der Waals surface area contributed by atoms with Gasteiger partial charge in [0.2, 0.25) is 0 Å². The molecular weight excluding hydrogens is 168 g/mol. The van der Waals surface area contributed by atoms with E-state index in [-0.39, 0.29) is 25.5 Å². The maximum atomic E-state index is 9.29. The second-order valence-corrected chi connectivity index (χ2v) is 2.82. The van der Waals surface area contributed by atoms with Gasteiger partial charge in [-0.25, -0.2) is 0 Å². The fourth-order valence-electron chi connectivity index (χ4n) is 1.15. The number of rotatable bonds is 1. The number of hydrogen-bond donors (Lipinski definition) is 3. The second kappa shape index (κ2) is 4.14. The van der Waals surface area contributed by atoms with Gasteiger partial charge in [-0.05, 0) is 31.0 Å². The smallest absolute Gasteiger partial charge is 0.163 e. The van der Waals surface area contributed by atoms with Crippen LogP contribution in [-0.4, -0.2) is 15.3 Å². The summed E-state index contributed by atoms with van der Waals surface area (Å²) in [5.74, 6) is -0.400. The topological polar surface area (TPSA) is 60.7 Å². The van der Waals surface area contributed by atoms with Crippen molar-refractivity contribution < 1.29 is 15.3 Å². The fourth-order valence-corrected chi connectivity index (χ4v) is 1.15. The molecule has 0 saturated heterocycles. The lowest BCUT2D eigenvalue weighted by molar-refractivity contribution is 0.272. The van der Waals surface area contributed by atoms with E-state index in [4.69, 9.17) is 5.11 Å². The van der Waals surface area contributed by atoms with Gasteiger partial charge in [-0.2, -0.15) is 0 Å². The van der Waals surface area contributed by atoms with Gasteiger partial charge < -0.3 is 15.3 Å². The first-order valence-corrected chi connectivity index (χ1v) is 3.69. The van der Waals surface area contributed by atoms with E-state index >= 15 is 0 Å². The molecule has 0 saturated carbocycles. The summed E-state index contributed by atoms with van der Waals surface area (Å²) >= 11 is 0. The molecule has 13 heavy (non-hydrogen) atoms. The van der Waals surface area contributed by atoms with Gasteiger partial charge >= 0.3 is 0 Å². The van der Waals surface area contributed by atoms with Gasteiger partial charge in [-0.3, -0.25) is 0 Å². The van der Waals surface area contributed by atoms with Crippen molar-refractivity contribution in [1.82, 2.24) is 0 Å². The maximum absolute atomic E-state index is 9.29. The van der Waals surface area contributed by atoms with E-state index in [2.05, 4.69) is 0 Å². The van der Waals surface area contributed by atoms with E-state index in [1.165, 1.54) is 6.07 Å². The highest BCUT2D eigenvalue weighted by molar-refractivity contribution is 5.51. The Hall–Kier alpha value is -1.22. The number of aliphatic hydroxyl groups excluding tert-OH is 1. The number of aliphatic hydroxyl groups is 1. The number of aromatic hydroxyl groups is 2. The molecule has 0 spiro atoms. The molecule has 0 unspecified atom stereocenters. The average Bonchev–Trinajstić information content (AvgIpc) is 2.02. The Morgan fingerprint density at radius 2 is 1.77 bits per heavy atom. The summed E-state index contributed by atoms with van der Waals surface area (Å²) in [5, 5.41) is 27.3. The second-order valence-electron chi connectivity index (χ2n) is 2.82. The van der Waals surface area contributed by atoms with Crippen molar-refractivity contribution in [2.75, 3.05) is 0 Å². The first-order valence-electron chi connectivity index (χ1n) is 3.69. The molecule has 3 heteroatoms. The molecule has 0 aliphatic rings. The fraction of sp³-hybridized carbons (Fsp3) is 0.400. The molecule has 3 N–H and O–H groups in total. The van der Waals surface area contributed by atoms with Crippen LogP contribution in [0.5, 0.6) is 11.5 Å². The molecule has 1 rings (SSSR count). The number of aryl methyl sites for hydroxylation is 1. The lowest BCUT2D eigenvalue weighted by Gasteiger charge is -2.09. The van der Waals surface area contributed by atoms with E-state index < -0.39 is 0 Å². The van der Waals surface area contributed by atoms with Crippen molar-refractivity contribution in [3.8, 4) is 11.5 Å². The third kappa shape index (κ3) is 1.92. The monoisotopic (exact) mass is 184 g/mol. The van der Waals surface area contributed by atoms with Crippen LogP contribution < -0.4 is 0 Å². The number of benzene rings is 1. The van der Waals surface area contributed by atoms with Gasteiger partial charge in [0.25, 0.3) is 0 Å². The Balaban J connectivity index is 0.00000144. The van der Waals surface area contributed by atoms with Gasteiger partial charge in [0.1, 0.15) is 0 Å². The van der Waals surface area contributed by atoms with Crippen molar-refractivity contribution in [3.63, 3.8) is 0 Å². The highest BCUT2D eigenvalue weighted by Gasteiger charge is 2.10. The summed E-state index contributed by atoms with van der Waals surface area (Å²) < 4.78 is 0. The zero-order valence-corrected chi connectivity index (χ0v) is 7.13. The summed E-state index contributed by atoms with van der Waals surface area (Å²) in [4.78, 5) is 0. The van der Waals surface area contributed by atoms with Crippen molar-refractivity contribution >= 4 is 0 Å². The van der Waals surface area contributed by atoms with Gasteiger partial charge in [-0.15, -0.1) is 0 Å². The van der Waals surface area contributed by atoms with Crippen molar-refractivity contribution in [2.45, 2.75) is 27.9 Å². The van der Waals surface area contributed by atoms with Crippen LogP contribution in [0.3, 0.4) is 0 Å². The lowest BCUT2D eigenvalue weighted by atomic mass is 10.0. The Morgan fingerprint density at radius 1 is 1.23 bits per heavy atom. The van der Waals surface area contributed by atoms with Crippen LogP contribution in [-0.2, 0) is 6.61 Å². The minimum atomic E-state index is -0.257. The van der Waals surface area contributed by atoms with Crippen molar-refractivity contribution in [2.24, 2.45) is 0 Å². The molecule has 0 radical (unpaired) electrons. The van der Waals surface area contributed by atoms with Crippen LogP contribution in [0.25, 0.3) is 0 Å². The first-order chi connectivity index (χ1) is 5.57. The SMILES string of the molecule is C.Cc1cc(O)c(O)c(CO)c1C. The molecule has 0 atom stereocenters. The Morgan fingerprint density at radius 3 is 2.23 bits per heavy atom. The number of hydrogen-bond acceptors (Lipinski definition) is 3. The number of phenolic OH excluding ortho intramolecular Hbond substituents is 1. The largest absolute Gasteiger partial charge is 0.504 e. The summed E-state index contributed by atoms with van der Waals surface area (Å²) in [5.41, 5.74) is 2.06. The molecule has 0 amide bonds. The predicted molar refractivity (Wildman–Crippen MR) is 51.9 cm³/mol. The van der Waals surface area contributed by atoms with E-state index in [0.29, 0.717) is 5.56 Å². The van der Waals surface area contributed by atoms with Crippen LogP contribution in [0.1, 0.15) is 24.1 Å². The zero-order chi connectivity index (χ0) is 9.30. The first kappa shape index (κ1) is 11.8. The van der Waals surface area contributed by atoms with E-state index in [0.717, 1.165) is 11.1 Å². The molecule has 0 aromatic heterocycles. The minimum absolute atomic E-state index is 0. The van der Waals surface area contributed by atoms with Gasteiger partial charge in [-0.1, -0.05) is 7.43 Å². The number of phenols is 2. The minimum Gasteiger partial charge on any atom is -0.504 e. The van der Waals surface area contributed by atoms with E-state index in [1.807, 2.05) is 6.92 Å². The molecule has 74 valence electrons. The summed E-state index contributed by atoms with van der Waals surface area (Å²) in [7, 11) is 0. The van der Waals surface area contributed by atoms with Crippen LogP contribution in [0.4, 0.5) is 0 Å². The molecule has 0 aliphatic heterocycles. The summed E-state index contributed by atoms with van der Waals surface area (Å²) in [6.45, 7) is 3.35. The molecule has 0 bridgehead atoms. The van der Waals surface area contributed by atoms with Crippen molar-refractivity contribution in [3.05, 3.63) is 22.8 Å². The predicted octanol–water partition coefficient (Wildman–Crippen LogP) is 1.84. The Labute approximate surface area is 78.3 Å². The lowest BCUT2D eigenvalue weighted by Crippen LogP contribution is -1.92. The third-order valence-corrected chi connectivity index (χ3v) is 2.08. The molecule has 1 aromatic carbocycles. The van der Waals surface area contributed by atoms with Crippen LogP contribution >= 0.6 is 0 Å². The van der Waals surface area contributed by atoms with Gasteiger partial charge in [0.15, 0.2) is 11.5 Å². The zero-order valence-electron chi connectivity index (χ0n) is 7.13. The van der Waals surface area contributed by atoms with E-state index in [1.54, 1.807) is 6.92 Å². The van der Waals surface area contributed by atoms with Crippen LogP contribution in [0.15, 0.2) is 6.07 Å².